The van der Waals surface area contributed by atoms with Gasteiger partial charge in [0.15, 0.2) is 0 Å². The minimum absolute atomic E-state index is 0.0513. The third-order valence-corrected chi connectivity index (χ3v) is 6.93. The van der Waals surface area contributed by atoms with Crippen LogP contribution in [-0.4, -0.2) is 22.2 Å². The Morgan fingerprint density at radius 1 is 1.10 bits per heavy atom. The average molecular weight is 519 g/mol. The third kappa shape index (κ3) is 5.43. The molecular formula is C32H31FN6. The van der Waals surface area contributed by atoms with Crippen LogP contribution in [0.25, 0.3) is 0 Å². The molecule has 0 fully saturated rings. The van der Waals surface area contributed by atoms with Gasteiger partial charge in [-0.2, -0.15) is 0 Å². The molecule has 0 saturated heterocycles. The summed E-state index contributed by atoms with van der Waals surface area (Å²) in [5, 5.41) is 12.3. The van der Waals surface area contributed by atoms with Gasteiger partial charge in [0.05, 0.1) is 17.8 Å². The number of nitrogens with one attached hydrogen (secondary N) is 2. The van der Waals surface area contributed by atoms with Crippen LogP contribution in [0, 0.1) is 25.1 Å². The van der Waals surface area contributed by atoms with Gasteiger partial charge in [0.2, 0.25) is 0 Å². The summed E-state index contributed by atoms with van der Waals surface area (Å²) in [5.74, 6) is 0.142. The standard InChI is InChI=1S/C32H31FN6/c1-20-14-25(17-26(33)15-20)30(34)29-31(35)37-19-38-32(29)36-18-27-16-23-9-5-6-10-24(13-12-23)22(3)39(27)28-11-7-4-8-21(28)2/h4-11,14-17,19,34H,3,12-13,18H2,1-2H3,(H3,35,36,37,38)/b6-5-,23-9+,24-10+,27-16-,34-30?. The molecule has 2 bridgehead atoms. The van der Waals surface area contributed by atoms with E-state index in [1.165, 1.54) is 29.6 Å². The van der Waals surface area contributed by atoms with Crippen LogP contribution in [0.15, 0.2) is 108 Å². The van der Waals surface area contributed by atoms with Crippen molar-refractivity contribution in [3.63, 3.8) is 0 Å². The molecule has 0 spiro atoms. The van der Waals surface area contributed by atoms with E-state index in [4.69, 9.17) is 11.1 Å². The fraction of sp³-hybridized carbons (Fsp3) is 0.156. The lowest BCUT2D eigenvalue weighted by molar-refractivity contribution is 0.626. The molecule has 0 radical (unpaired) electrons. The Bertz CT molecular complexity index is 1570. The Labute approximate surface area is 228 Å². The fourth-order valence-corrected chi connectivity index (χ4v) is 4.98. The molecule has 7 heteroatoms. The highest BCUT2D eigenvalue weighted by Crippen LogP contribution is 2.36. The van der Waals surface area contributed by atoms with Crippen molar-refractivity contribution >= 4 is 23.0 Å². The quantitative estimate of drug-likeness (QED) is 0.314. The maximum Gasteiger partial charge on any atom is 0.141 e. The Morgan fingerprint density at radius 2 is 1.90 bits per heavy atom. The molecule has 0 atom stereocenters. The van der Waals surface area contributed by atoms with Crippen molar-refractivity contribution < 1.29 is 4.39 Å². The number of hydrogen-bond donors (Lipinski definition) is 3. The molecule has 3 aromatic rings. The van der Waals surface area contributed by atoms with Crippen molar-refractivity contribution in [2.75, 3.05) is 22.5 Å². The number of aryl methyl sites for hydroxylation is 2. The first kappa shape index (κ1) is 25.9. The lowest BCUT2D eigenvalue weighted by atomic mass is 9.94. The van der Waals surface area contributed by atoms with E-state index in [0.717, 1.165) is 35.5 Å². The van der Waals surface area contributed by atoms with Crippen LogP contribution >= 0.6 is 0 Å². The second-order valence-corrected chi connectivity index (χ2v) is 9.75. The number of halogens is 1. The molecule has 2 heterocycles. The Hall–Kier alpha value is -4.78. The summed E-state index contributed by atoms with van der Waals surface area (Å²) in [5.41, 5.74) is 14.2. The number of allylic oxidation sites excluding steroid dienone is 7. The molecule has 1 aromatic heterocycles. The summed E-state index contributed by atoms with van der Waals surface area (Å²) in [7, 11) is 0. The second kappa shape index (κ2) is 10.9. The largest absolute Gasteiger partial charge is 0.383 e. The summed E-state index contributed by atoms with van der Waals surface area (Å²) in [6, 6.07) is 12.7. The van der Waals surface area contributed by atoms with Gasteiger partial charge in [-0.3, -0.25) is 5.41 Å². The molecule has 5 rings (SSSR count). The minimum Gasteiger partial charge on any atom is -0.383 e. The molecule has 196 valence electrons. The molecule has 0 saturated carbocycles. The zero-order valence-electron chi connectivity index (χ0n) is 22.1. The van der Waals surface area contributed by atoms with Gasteiger partial charge in [0.1, 0.15) is 23.8 Å². The first-order chi connectivity index (χ1) is 18.8. The molecule has 39 heavy (non-hydrogen) atoms. The number of para-hydroxylation sites is 1. The van der Waals surface area contributed by atoms with Crippen LogP contribution in [0.3, 0.4) is 0 Å². The van der Waals surface area contributed by atoms with Crippen molar-refractivity contribution in [2.45, 2.75) is 26.7 Å². The van der Waals surface area contributed by atoms with Gasteiger partial charge in [-0.25, -0.2) is 14.4 Å². The number of aromatic nitrogens is 2. The SMILES string of the molecule is C=C1/C2=C/C=C\C=C(\C=C(\CNc3ncnc(N)c3C(=N)c3cc(C)cc(F)c3)N1c1ccccc1C)CC2. The van der Waals surface area contributed by atoms with Gasteiger partial charge in [0.25, 0.3) is 0 Å². The van der Waals surface area contributed by atoms with Crippen LogP contribution in [0.2, 0.25) is 0 Å². The van der Waals surface area contributed by atoms with Crippen molar-refractivity contribution in [1.29, 1.82) is 5.41 Å². The van der Waals surface area contributed by atoms with Crippen LogP contribution < -0.4 is 16.0 Å². The monoisotopic (exact) mass is 518 g/mol. The van der Waals surface area contributed by atoms with Crippen LogP contribution in [0.4, 0.5) is 21.7 Å². The van der Waals surface area contributed by atoms with Gasteiger partial charge in [0, 0.05) is 22.6 Å². The maximum absolute atomic E-state index is 14.2. The smallest absolute Gasteiger partial charge is 0.141 e. The molecule has 2 aliphatic rings. The first-order valence-corrected chi connectivity index (χ1v) is 12.8. The number of rotatable bonds is 6. The van der Waals surface area contributed by atoms with Gasteiger partial charge in [-0.1, -0.05) is 49.1 Å². The van der Waals surface area contributed by atoms with E-state index in [2.05, 4.69) is 76.2 Å². The maximum atomic E-state index is 14.2. The van der Waals surface area contributed by atoms with E-state index in [1.807, 2.05) is 12.1 Å². The van der Waals surface area contributed by atoms with Crippen molar-refractivity contribution in [3.8, 4) is 0 Å². The number of benzene rings is 2. The number of nitrogens with zero attached hydrogens (tertiary/aromatic N) is 3. The van der Waals surface area contributed by atoms with Crippen molar-refractivity contribution in [1.82, 2.24) is 9.97 Å². The lowest BCUT2D eigenvalue weighted by Crippen LogP contribution is -2.29. The highest BCUT2D eigenvalue weighted by molar-refractivity contribution is 6.16. The predicted octanol–water partition coefficient (Wildman–Crippen LogP) is 6.76. The first-order valence-electron chi connectivity index (χ1n) is 12.8. The number of hydrogen-bond acceptors (Lipinski definition) is 6. The average Bonchev–Trinajstić information content (AvgIpc) is 2.88. The summed E-state index contributed by atoms with van der Waals surface area (Å²) < 4.78 is 14.2. The van der Waals surface area contributed by atoms with E-state index in [-0.39, 0.29) is 11.5 Å². The molecule has 0 amide bonds. The van der Waals surface area contributed by atoms with E-state index in [9.17, 15) is 4.39 Å². The van der Waals surface area contributed by atoms with Gasteiger partial charge in [-0.15, -0.1) is 0 Å². The zero-order chi connectivity index (χ0) is 27.5. The molecule has 4 N–H and O–H groups in total. The summed E-state index contributed by atoms with van der Waals surface area (Å²) in [6.45, 7) is 8.76. The number of nitrogen functional groups attached to an aromatic ring is 1. The predicted molar refractivity (Wildman–Crippen MR) is 157 cm³/mol. The highest BCUT2D eigenvalue weighted by atomic mass is 19.1. The van der Waals surface area contributed by atoms with Gasteiger partial charge in [-0.05, 0) is 79.3 Å². The van der Waals surface area contributed by atoms with E-state index < -0.39 is 5.82 Å². The number of fused-ring (bicyclic) bond motifs is 3. The highest BCUT2D eigenvalue weighted by Gasteiger charge is 2.24. The second-order valence-electron chi connectivity index (χ2n) is 9.75. The Morgan fingerprint density at radius 3 is 2.69 bits per heavy atom. The normalized spacial score (nSPS) is 19.8. The molecule has 0 unspecified atom stereocenters. The van der Waals surface area contributed by atoms with E-state index in [0.29, 0.717) is 29.1 Å². The lowest BCUT2D eigenvalue weighted by Gasteiger charge is -2.34. The molecular weight excluding hydrogens is 487 g/mol. The van der Waals surface area contributed by atoms with E-state index in [1.54, 1.807) is 13.0 Å². The Balaban J connectivity index is 1.56. The molecule has 1 aliphatic heterocycles. The van der Waals surface area contributed by atoms with Gasteiger partial charge >= 0.3 is 0 Å². The number of anilines is 3. The van der Waals surface area contributed by atoms with Crippen molar-refractivity contribution in [3.05, 3.63) is 136 Å². The minimum atomic E-state index is -0.412. The summed E-state index contributed by atoms with van der Waals surface area (Å²) in [6.07, 6.45) is 13.7. The van der Waals surface area contributed by atoms with E-state index >= 15 is 0 Å². The summed E-state index contributed by atoms with van der Waals surface area (Å²) >= 11 is 0. The zero-order valence-corrected chi connectivity index (χ0v) is 22.1. The van der Waals surface area contributed by atoms with Crippen molar-refractivity contribution in [2.24, 2.45) is 0 Å². The van der Waals surface area contributed by atoms with Crippen LogP contribution in [-0.2, 0) is 0 Å². The fourth-order valence-electron chi connectivity index (χ4n) is 4.98. The van der Waals surface area contributed by atoms with Gasteiger partial charge < -0.3 is 16.0 Å². The number of nitrogens with two attached hydrogens (primary N) is 1. The van der Waals surface area contributed by atoms with Crippen LogP contribution in [0.5, 0.6) is 0 Å². The molecule has 6 nitrogen and oxygen atoms in total. The Kier molecular flexibility index (Phi) is 7.23. The van der Waals surface area contributed by atoms with Crippen LogP contribution in [0.1, 0.15) is 35.1 Å². The molecule has 2 aromatic carbocycles. The topological polar surface area (TPSA) is 90.9 Å². The summed E-state index contributed by atoms with van der Waals surface area (Å²) in [4.78, 5) is 10.7. The molecule has 1 aliphatic carbocycles. The third-order valence-electron chi connectivity index (χ3n) is 6.93.